The number of anilines is 1. The van der Waals surface area contributed by atoms with Crippen LogP contribution in [0.4, 0.5) is 5.69 Å². The predicted octanol–water partition coefficient (Wildman–Crippen LogP) is 1.39. The smallest absolute Gasteiger partial charge is 0.285 e. The van der Waals surface area contributed by atoms with Crippen LogP contribution in [-0.2, 0) is 0 Å². The van der Waals surface area contributed by atoms with Gasteiger partial charge >= 0.3 is 0 Å². The minimum Gasteiger partial charge on any atom is -0.367 e. The fourth-order valence-corrected chi connectivity index (χ4v) is 2.56. The molecule has 1 aliphatic rings. The first-order valence-electron chi connectivity index (χ1n) is 6.44. The first-order chi connectivity index (χ1) is 8.72. The zero-order valence-electron chi connectivity index (χ0n) is 10.6. The Balaban J connectivity index is 2.17. The Kier molecular flexibility index (Phi) is 4.60. The number of aromatic nitrogens is 2. The quantitative estimate of drug-likeness (QED) is 0.849. The number of hydrogen-bond donors (Lipinski definition) is 2. The van der Waals surface area contributed by atoms with Crippen molar-refractivity contribution < 1.29 is 0 Å². The standard InChI is InChI=1S/C12H19ClN4O/c1-2-6-17(8-9-4-3-5-14-9)10-7-15-16-12(18)11(10)13/h7,9,14H,2-6,8H2,1H3,(H,16,18). The van der Waals surface area contributed by atoms with Crippen molar-refractivity contribution in [3.8, 4) is 0 Å². The molecule has 0 radical (unpaired) electrons. The lowest BCUT2D eigenvalue weighted by molar-refractivity contribution is 0.577. The van der Waals surface area contributed by atoms with Gasteiger partial charge in [-0.15, -0.1) is 0 Å². The highest BCUT2D eigenvalue weighted by atomic mass is 35.5. The molecule has 100 valence electrons. The Bertz CT molecular complexity index is 442. The van der Waals surface area contributed by atoms with Gasteiger partial charge in [-0.1, -0.05) is 18.5 Å². The van der Waals surface area contributed by atoms with Crippen LogP contribution in [-0.4, -0.2) is 35.9 Å². The molecule has 1 aromatic rings. The van der Waals surface area contributed by atoms with Crippen molar-refractivity contribution in [2.45, 2.75) is 32.2 Å². The first-order valence-corrected chi connectivity index (χ1v) is 6.81. The second-order valence-electron chi connectivity index (χ2n) is 4.64. The van der Waals surface area contributed by atoms with E-state index >= 15 is 0 Å². The molecule has 0 aliphatic carbocycles. The van der Waals surface area contributed by atoms with Gasteiger partial charge in [-0.25, -0.2) is 5.10 Å². The predicted molar refractivity (Wildman–Crippen MR) is 73.4 cm³/mol. The van der Waals surface area contributed by atoms with Gasteiger partial charge in [0.15, 0.2) is 0 Å². The number of aromatic amines is 1. The summed E-state index contributed by atoms with van der Waals surface area (Å²) in [5.41, 5.74) is 0.408. The third-order valence-corrected chi connectivity index (χ3v) is 3.58. The summed E-state index contributed by atoms with van der Waals surface area (Å²) in [7, 11) is 0. The largest absolute Gasteiger partial charge is 0.367 e. The lowest BCUT2D eigenvalue weighted by atomic mass is 10.2. The summed E-state index contributed by atoms with van der Waals surface area (Å²) in [5.74, 6) is 0. The van der Waals surface area contributed by atoms with E-state index < -0.39 is 0 Å². The Labute approximate surface area is 112 Å². The maximum atomic E-state index is 11.5. The summed E-state index contributed by atoms with van der Waals surface area (Å²) >= 11 is 6.06. The van der Waals surface area contributed by atoms with Crippen molar-refractivity contribution in [3.05, 3.63) is 21.6 Å². The van der Waals surface area contributed by atoms with Gasteiger partial charge in [-0.3, -0.25) is 4.79 Å². The van der Waals surface area contributed by atoms with Crippen LogP contribution >= 0.6 is 11.6 Å². The molecule has 0 spiro atoms. The van der Waals surface area contributed by atoms with E-state index in [9.17, 15) is 4.79 Å². The number of rotatable bonds is 5. The summed E-state index contributed by atoms with van der Waals surface area (Å²) in [5, 5.41) is 9.88. The van der Waals surface area contributed by atoms with Crippen molar-refractivity contribution in [1.29, 1.82) is 0 Å². The summed E-state index contributed by atoms with van der Waals surface area (Å²) < 4.78 is 0. The highest BCUT2D eigenvalue weighted by molar-refractivity contribution is 6.32. The molecule has 0 saturated carbocycles. The van der Waals surface area contributed by atoms with Crippen LogP contribution < -0.4 is 15.8 Å². The van der Waals surface area contributed by atoms with Gasteiger partial charge in [0.25, 0.3) is 5.56 Å². The van der Waals surface area contributed by atoms with Crippen molar-refractivity contribution >= 4 is 17.3 Å². The molecule has 6 heteroatoms. The Morgan fingerprint density at radius 2 is 2.44 bits per heavy atom. The van der Waals surface area contributed by atoms with Gasteiger partial charge in [0.1, 0.15) is 5.02 Å². The van der Waals surface area contributed by atoms with Crippen LogP contribution in [0, 0.1) is 0 Å². The van der Waals surface area contributed by atoms with Gasteiger partial charge in [0.2, 0.25) is 0 Å². The van der Waals surface area contributed by atoms with Crippen molar-refractivity contribution in [1.82, 2.24) is 15.5 Å². The highest BCUT2D eigenvalue weighted by Crippen LogP contribution is 2.22. The maximum absolute atomic E-state index is 11.5. The SMILES string of the molecule is CCCN(CC1CCCN1)c1cn[nH]c(=O)c1Cl. The lowest BCUT2D eigenvalue weighted by Crippen LogP contribution is -2.38. The normalized spacial score (nSPS) is 19.1. The summed E-state index contributed by atoms with van der Waals surface area (Å²) in [4.78, 5) is 13.6. The summed E-state index contributed by atoms with van der Waals surface area (Å²) in [6.07, 6.45) is 5.03. The van der Waals surface area contributed by atoms with Gasteiger partial charge in [0.05, 0.1) is 11.9 Å². The second kappa shape index (κ2) is 6.20. The molecular weight excluding hydrogens is 252 g/mol. The van der Waals surface area contributed by atoms with Crippen LogP contribution in [0.1, 0.15) is 26.2 Å². The molecule has 1 fully saturated rings. The number of nitrogens with one attached hydrogen (secondary N) is 2. The van der Waals surface area contributed by atoms with Gasteiger partial charge in [-0.05, 0) is 25.8 Å². The van der Waals surface area contributed by atoms with E-state index in [-0.39, 0.29) is 10.6 Å². The van der Waals surface area contributed by atoms with Crippen LogP contribution in [0.5, 0.6) is 0 Å². The molecule has 2 heterocycles. The van der Waals surface area contributed by atoms with E-state index in [1.165, 1.54) is 12.8 Å². The molecule has 1 saturated heterocycles. The number of hydrogen-bond acceptors (Lipinski definition) is 4. The molecule has 2 rings (SSSR count). The van der Waals surface area contributed by atoms with Crippen molar-refractivity contribution in [3.63, 3.8) is 0 Å². The average Bonchev–Trinajstić information content (AvgIpc) is 2.85. The monoisotopic (exact) mass is 270 g/mol. The number of halogens is 1. The molecule has 0 bridgehead atoms. The summed E-state index contributed by atoms with van der Waals surface area (Å²) in [6, 6.07) is 0.479. The topological polar surface area (TPSA) is 61.0 Å². The fraction of sp³-hybridized carbons (Fsp3) is 0.667. The minimum absolute atomic E-state index is 0.233. The molecule has 1 unspecified atom stereocenters. The van der Waals surface area contributed by atoms with Crippen LogP contribution in [0.25, 0.3) is 0 Å². The first kappa shape index (κ1) is 13.4. The fourth-order valence-electron chi connectivity index (χ4n) is 2.35. The Hall–Kier alpha value is -1.07. The van der Waals surface area contributed by atoms with Crippen molar-refractivity contribution in [2.75, 3.05) is 24.5 Å². The molecule has 0 aromatic carbocycles. The van der Waals surface area contributed by atoms with Gasteiger partial charge in [0, 0.05) is 19.1 Å². The van der Waals surface area contributed by atoms with E-state index in [1.54, 1.807) is 6.20 Å². The molecule has 0 amide bonds. The van der Waals surface area contributed by atoms with Gasteiger partial charge < -0.3 is 10.2 Å². The van der Waals surface area contributed by atoms with Crippen LogP contribution in [0.15, 0.2) is 11.0 Å². The molecular formula is C12H19ClN4O. The molecule has 1 atom stereocenters. The number of nitrogens with zero attached hydrogens (tertiary/aromatic N) is 2. The third-order valence-electron chi connectivity index (χ3n) is 3.21. The van der Waals surface area contributed by atoms with Crippen LogP contribution in [0.3, 0.4) is 0 Å². The van der Waals surface area contributed by atoms with E-state index in [2.05, 4.69) is 27.3 Å². The highest BCUT2D eigenvalue weighted by Gasteiger charge is 2.20. The molecule has 5 nitrogen and oxygen atoms in total. The van der Waals surface area contributed by atoms with E-state index in [1.807, 2.05) is 0 Å². The van der Waals surface area contributed by atoms with Gasteiger partial charge in [-0.2, -0.15) is 5.10 Å². The molecule has 1 aromatic heterocycles. The third kappa shape index (κ3) is 3.03. The van der Waals surface area contributed by atoms with E-state index in [0.717, 1.165) is 31.7 Å². The van der Waals surface area contributed by atoms with E-state index in [0.29, 0.717) is 6.04 Å². The minimum atomic E-state index is -0.324. The zero-order valence-corrected chi connectivity index (χ0v) is 11.3. The Morgan fingerprint density at radius 3 is 3.11 bits per heavy atom. The van der Waals surface area contributed by atoms with E-state index in [4.69, 9.17) is 11.6 Å². The summed E-state index contributed by atoms with van der Waals surface area (Å²) in [6.45, 7) is 4.94. The van der Waals surface area contributed by atoms with Crippen LogP contribution in [0.2, 0.25) is 5.02 Å². The average molecular weight is 271 g/mol. The Morgan fingerprint density at radius 1 is 1.61 bits per heavy atom. The molecule has 18 heavy (non-hydrogen) atoms. The molecule has 1 aliphatic heterocycles. The molecule has 2 N–H and O–H groups in total. The second-order valence-corrected chi connectivity index (χ2v) is 5.02. The van der Waals surface area contributed by atoms with Crippen molar-refractivity contribution in [2.24, 2.45) is 0 Å². The lowest BCUT2D eigenvalue weighted by Gasteiger charge is -2.27. The zero-order chi connectivity index (χ0) is 13.0. The number of H-pyrrole nitrogens is 1. The maximum Gasteiger partial charge on any atom is 0.285 e.